The number of pyridine rings is 1. The highest BCUT2D eigenvalue weighted by Crippen LogP contribution is 2.26. The molecule has 4 nitrogen and oxygen atoms in total. The van der Waals surface area contributed by atoms with Gasteiger partial charge >= 0.3 is 5.97 Å². The van der Waals surface area contributed by atoms with E-state index in [9.17, 15) is 4.79 Å². The van der Waals surface area contributed by atoms with E-state index in [-0.39, 0.29) is 5.97 Å². The summed E-state index contributed by atoms with van der Waals surface area (Å²) < 4.78 is 4.65. The fourth-order valence-corrected chi connectivity index (χ4v) is 1.96. The Hall–Kier alpha value is -1.58. The number of hydrogen-bond acceptors (Lipinski definition) is 4. The van der Waals surface area contributed by atoms with Crippen LogP contribution < -0.4 is 4.90 Å². The summed E-state index contributed by atoms with van der Waals surface area (Å²) in [4.78, 5) is 17.5. The normalized spacial score (nSPS) is 15.8. The monoisotopic (exact) mass is 220 g/mol. The maximum absolute atomic E-state index is 11.1. The summed E-state index contributed by atoms with van der Waals surface area (Å²) in [5, 5.41) is 0. The molecule has 1 fully saturated rings. The maximum atomic E-state index is 11.1. The summed E-state index contributed by atoms with van der Waals surface area (Å²) in [5.41, 5.74) is 2.21. The Labute approximate surface area is 95.2 Å². The predicted molar refractivity (Wildman–Crippen MR) is 61.3 cm³/mol. The Kier molecular flexibility index (Phi) is 3.08. The number of esters is 1. The first-order valence-electron chi connectivity index (χ1n) is 5.43. The van der Waals surface area contributed by atoms with Gasteiger partial charge in [-0.25, -0.2) is 0 Å². The highest BCUT2D eigenvalue weighted by atomic mass is 16.5. The SMILES string of the molecule is COC(=O)CC1CN(c2ccnc(C)c2)C1. The minimum Gasteiger partial charge on any atom is -0.469 e. The number of anilines is 1. The van der Waals surface area contributed by atoms with E-state index < -0.39 is 0 Å². The van der Waals surface area contributed by atoms with Gasteiger partial charge in [-0.15, -0.1) is 0 Å². The van der Waals surface area contributed by atoms with Crippen LogP contribution in [0.2, 0.25) is 0 Å². The second-order valence-corrected chi connectivity index (χ2v) is 4.21. The van der Waals surface area contributed by atoms with Crippen LogP contribution in [0.1, 0.15) is 12.1 Å². The molecule has 0 amide bonds. The zero-order valence-corrected chi connectivity index (χ0v) is 9.64. The Morgan fingerprint density at radius 2 is 2.38 bits per heavy atom. The molecule has 16 heavy (non-hydrogen) atoms. The number of methoxy groups -OCH3 is 1. The number of nitrogens with zero attached hydrogens (tertiary/aromatic N) is 2. The van der Waals surface area contributed by atoms with Crippen molar-refractivity contribution in [1.82, 2.24) is 4.98 Å². The highest BCUT2D eigenvalue weighted by Gasteiger charge is 2.29. The summed E-state index contributed by atoms with van der Waals surface area (Å²) >= 11 is 0. The number of carbonyl (C=O) groups is 1. The van der Waals surface area contributed by atoms with E-state index in [0.29, 0.717) is 12.3 Å². The van der Waals surface area contributed by atoms with E-state index in [1.807, 2.05) is 19.2 Å². The van der Waals surface area contributed by atoms with Crippen LogP contribution in [0.5, 0.6) is 0 Å². The van der Waals surface area contributed by atoms with E-state index in [1.165, 1.54) is 12.8 Å². The van der Waals surface area contributed by atoms with Crippen LogP contribution in [0.4, 0.5) is 5.69 Å². The Morgan fingerprint density at radius 3 is 3.00 bits per heavy atom. The van der Waals surface area contributed by atoms with E-state index in [0.717, 1.165) is 18.8 Å². The van der Waals surface area contributed by atoms with E-state index in [1.54, 1.807) is 0 Å². The van der Waals surface area contributed by atoms with Crippen LogP contribution in [0.25, 0.3) is 0 Å². The lowest BCUT2D eigenvalue weighted by atomic mass is 9.96. The van der Waals surface area contributed by atoms with Gasteiger partial charge in [0.05, 0.1) is 13.5 Å². The number of carbonyl (C=O) groups excluding carboxylic acids is 1. The van der Waals surface area contributed by atoms with Crippen molar-refractivity contribution in [1.29, 1.82) is 0 Å². The molecule has 0 radical (unpaired) electrons. The van der Waals surface area contributed by atoms with Gasteiger partial charge in [-0.2, -0.15) is 0 Å². The molecule has 0 unspecified atom stereocenters. The third-order valence-corrected chi connectivity index (χ3v) is 2.89. The van der Waals surface area contributed by atoms with Crippen molar-refractivity contribution in [3.8, 4) is 0 Å². The molecule has 0 bridgehead atoms. The first-order valence-corrected chi connectivity index (χ1v) is 5.43. The fraction of sp³-hybridized carbons (Fsp3) is 0.500. The molecule has 0 spiro atoms. The highest BCUT2D eigenvalue weighted by molar-refractivity contribution is 5.70. The molecule has 0 saturated carbocycles. The van der Waals surface area contributed by atoms with Gasteiger partial charge in [0.25, 0.3) is 0 Å². The van der Waals surface area contributed by atoms with Gasteiger partial charge in [-0.05, 0) is 19.1 Å². The van der Waals surface area contributed by atoms with Crippen molar-refractivity contribution in [2.75, 3.05) is 25.1 Å². The average molecular weight is 220 g/mol. The first-order chi connectivity index (χ1) is 7.69. The lowest BCUT2D eigenvalue weighted by Gasteiger charge is -2.40. The topological polar surface area (TPSA) is 42.4 Å². The molecule has 0 atom stereocenters. The minimum absolute atomic E-state index is 0.115. The van der Waals surface area contributed by atoms with Crippen LogP contribution in [-0.2, 0) is 9.53 Å². The number of hydrogen-bond donors (Lipinski definition) is 0. The molecule has 86 valence electrons. The van der Waals surface area contributed by atoms with Gasteiger partial charge in [-0.1, -0.05) is 0 Å². The zero-order valence-electron chi connectivity index (χ0n) is 9.64. The van der Waals surface area contributed by atoms with E-state index in [2.05, 4.69) is 20.7 Å². The molecule has 0 N–H and O–H groups in total. The summed E-state index contributed by atoms with van der Waals surface area (Å²) in [7, 11) is 1.44. The smallest absolute Gasteiger partial charge is 0.305 e. The van der Waals surface area contributed by atoms with Gasteiger partial charge in [0.2, 0.25) is 0 Å². The van der Waals surface area contributed by atoms with Crippen LogP contribution in [0.15, 0.2) is 18.3 Å². The van der Waals surface area contributed by atoms with E-state index in [4.69, 9.17) is 0 Å². The Balaban J connectivity index is 1.86. The van der Waals surface area contributed by atoms with Crippen LogP contribution in [0, 0.1) is 12.8 Å². The molecule has 2 rings (SSSR count). The van der Waals surface area contributed by atoms with Crippen LogP contribution in [-0.4, -0.2) is 31.2 Å². The first kappa shape index (κ1) is 10.9. The lowest BCUT2D eigenvalue weighted by molar-refractivity contribution is -0.141. The number of aromatic nitrogens is 1. The Bertz CT molecular complexity index is 386. The van der Waals surface area contributed by atoms with Crippen LogP contribution in [0.3, 0.4) is 0 Å². The molecule has 1 aromatic rings. The van der Waals surface area contributed by atoms with Crippen molar-refractivity contribution >= 4 is 11.7 Å². The molecular formula is C12H16N2O2. The maximum Gasteiger partial charge on any atom is 0.305 e. The molecule has 1 aliphatic rings. The summed E-state index contributed by atoms with van der Waals surface area (Å²) in [6.45, 7) is 3.84. The number of ether oxygens (including phenoxy) is 1. The molecular weight excluding hydrogens is 204 g/mol. The van der Waals surface area contributed by atoms with Gasteiger partial charge in [0, 0.05) is 36.6 Å². The molecule has 1 saturated heterocycles. The number of rotatable bonds is 3. The average Bonchev–Trinajstić information content (AvgIpc) is 2.22. The van der Waals surface area contributed by atoms with Crippen molar-refractivity contribution in [3.63, 3.8) is 0 Å². The standard InChI is InChI=1S/C12H16N2O2/c1-9-5-11(3-4-13-9)14-7-10(8-14)6-12(15)16-2/h3-5,10H,6-8H2,1-2H3. The predicted octanol–water partition coefficient (Wildman–Crippen LogP) is 1.39. The second-order valence-electron chi connectivity index (χ2n) is 4.21. The second kappa shape index (κ2) is 4.51. The molecule has 4 heteroatoms. The van der Waals surface area contributed by atoms with Gasteiger partial charge in [-0.3, -0.25) is 9.78 Å². The summed E-state index contributed by atoms with van der Waals surface area (Å²) in [5.74, 6) is 0.316. The zero-order chi connectivity index (χ0) is 11.5. The van der Waals surface area contributed by atoms with Gasteiger partial charge < -0.3 is 9.64 Å². The number of aryl methyl sites for hydroxylation is 1. The molecule has 1 aliphatic heterocycles. The van der Waals surface area contributed by atoms with Gasteiger partial charge in [0.15, 0.2) is 0 Å². The third-order valence-electron chi connectivity index (χ3n) is 2.89. The quantitative estimate of drug-likeness (QED) is 0.722. The largest absolute Gasteiger partial charge is 0.469 e. The molecule has 1 aromatic heterocycles. The minimum atomic E-state index is -0.115. The van der Waals surface area contributed by atoms with Gasteiger partial charge in [0.1, 0.15) is 0 Å². The van der Waals surface area contributed by atoms with Crippen molar-refractivity contribution < 1.29 is 9.53 Å². The van der Waals surface area contributed by atoms with Crippen LogP contribution >= 0.6 is 0 Å². The third kappa shape index (κ3) is 2.32. The fourth-order valence-electron chi connectivity index (χ4n) is 1.96. The summed E-state index contributed by atoms with van der Waals surface area (Å²) in [6, 6.07) is 4.07. The van der Waals surface area contributed by atoms with Crippen molar-refractivity contribution in [2.45, 2.75) is 13.3 Å². The van der Waals surface area contributed by atoms with Crippen molar-refractivity contribution in [3.05, 3.63) is 24.0 Å². The summed E-state index contributed by atoms with van der Waals surface area (Å²) in [6.07, 6.45) is 2.34. The molecule has 2 heterocycles. The molecule has 0 aliphatic carbocycles. The Morgan fingerprint density at radius 1 is 1.62 bits per heavy atom. The van der Waals surface area contributed by atoms with E-state index >= 15 is 0 Å². The molecule has 0 aromatic carbocycles. The lowest BCUT2D eigenvalue weighted by Crippen LogP contribution is -2.47. The van der Waals surface area contributed by atoms with Crippen molar-refractivity contribution in [2.24, 2.45) is 5.92 Å².